The first-order valence-corrected chi connectivity index (χ1v) is 15.5. The van der Waals surface area contributed by atoms with Crippen LogP contribution in [-0.4, -0.2) is 27.0 Å². The van der Waals surface area contributed by atoms with Gasteiger partial charge >= 0.3 is 6.03 Å². The van der Waals surface area contributed by atoms with Gasteiger partial charge in [0, 0.05) is 12.2 Å². The number of carbonyl (C=O) groups excluding carboxylic acids is 1. The van der Waals surface area contributed by atoms with E-state index < -0.39 is 6.04 Å². The van der Waals surface area contributed by atoms with Gasteiger partial charge in [0.25, 0.3) is 5.56 Å². The van der Waals surface area contributed by atoms with Gasteiger partial charge in [-0.25, -0.2) is 9.78 Å². The first-order chi connectivity index (χ1) is 21.2. The van der Waals surface area contributed by atoms with Gasteiger partial charge in [-0.3, -0.25) is 9.36 Å². The predicted octanol–water partition coefficient (Wildman–Crippen LogP) is 8.78. The Kier molecular flexibility index (Phi) is 9.29. The smallest absolute Gasteiger partial charge is 0.314 e. The molecule has 0 aliphatic rings. The number of hydrogen-bond acceptors (Lipinski definition) is 3. The molecule has 1 N–H and O–H groups in total. The van der Waals surface area contributed by atoms with Crippen LogP contribution in [0.15, 0.2) is 102 Å². The second-order valence-corrected chi connectivity index (χ2v) is 12.1. The molecule has 6 heteroatoms. The highest BCUT2D eigenvalue weighted by atomic mass is 16.2. The highest BCUT2D eigenvalue weighted by Gasteiger charge is 2.28. The highest BCUT2D eigenvalue weighted by Crippen LogP contribution is 2.33. The number of amides is 2. The summed E-state index contributed by atoms with van der Waals surface area (Å²) in [6, 6.07) is 30.9. The van der Waals surface area contributed by atoms with Crippen LogP contribution in [-0.2, 0) is 6.42 Å². The van der Waals surface area contributed by atoms with Gasteiger partial charge in [0.1, 0.15) is 5.82 Å². The lowest BCUT2D eigenvalue weighted by molar-refractivity contribution is 0.190. The van der Waals surface area contributed by atoms with Crippen molar-refractivity contribution < 1.29 is 4.79 Å². The number of rotatable bonds is 9. The Morgan fingerprint density at radius 1 is 0.818 bits per heavy atom. The Labute approximate surface area is 260 Å². The van der Waals surface area contributed by atoms with E-state index in [0.717, 1.165) is 33.6 Å². The molecule has 1 heterocycles. The van der Waals surface area contributed by atoms with Crippen molar-refractivity contribution in [2.45, 2.75) is 65.8 Å². The van der Waals surface area contributed by atoms with Crippen LogP contribution in [0.3, 0.4) is 0 Å². The molecular formula is C38H42N4O2. The Hall–Kier alpha value is -4.71. The molecule has 0 aliphatic heterocycles. The van der Waals surface area contributed by atoms with Gasteiger partial charge in [0.15, 0.2) is 0 Å². The van der Waals surface area contributed by atoms with Crippen LogP contribution >= 0.6 is 0 Å². The summed E-state index contributed by atoms with van der Waals surface area (Å²) in [7, 11) is 0. The van der Waals surface area contributed by atoms with Gasteiger partial charge in [-0.05, 0) is 78.6 Å². The Morgan fingerprint density at radius 2 is 1.45 bits per heavy atom. The molecule has 226 valence electrons. The van der Waals surface area contributed by atoms with E-state index in [9.17, 15) is 9.59 Å². The number of para-hydroxylation sites is 2. The van der Waals surface area contributed by atoms with Crippen LogP contribution in [0.2, 0.25) is 0 Å². The molecule has 0 aliphatic carbocycles. The molecule has 5 rings (SSSR count). The van der Waals surface area contributed by atoms with E-state index in [4.69, 9.17) is 4.98 Å². The molecule has 6 nitrogen and oxygen atoms in total. The second kappa shape index (κ2) is 13.3. The zero-order chi connectivity index (χ0) is 31.4. The maximum atomic E-state index is 14.4. The number of carbonyl (C=O) groups is 1. The molecule has 0 spiro atoms. The van der Waals surface area contributed by atoms with Crippen molar-refractivity contribution in [1.29, 1.82) is 0 Å². The molecule has 4 aromatic carbocycles. The van der Waals surface area contributed by atoms with Crippen LogP contribution in [0.1, 0.15) is 80.6 Å². The molecule has 0 bridgehead atoms. The number of urea groups is 1. The standard InChI is InChI=1S/C38H42N4O2/c1-25(2)31-19-13-20-32(26(3)4)35(31)40-38(44)41(23-22-29-15-8-7-9-16-29)28(6)36-39-34-21-11-10-18-33(34)37(43)42(36)30-17-12-14-27(5)24-30/h7-21,24-26,28H,22-23H2,1-6H3,(H,40,44). The number of nitrogens with zero attached hydrogens (tertiary/aromatic N) is 3. The van der Waals surface area contributed by atoms with E-state index in [0.29, 0.717) is 29.7 Å². The van der Waals surface area contributed by atoms with Crippen molar-refractivity contribution in [3.63, 3.8) is 0 Å². The number of fused-ring (bicyclic) bond motifs is 1. The molecule has 0 fully saturated rings. The number of hydrogen-bond donors (Lipinski definition) is 1. The summed E-state index contributed by atoms with van der Waals surface area (Å²) in [5.41, 5.74) is 6.41. The van der Waals surface area contributed by atoms with E-state index >= 15 is 0 Å². The summed E-state index contributed by atoms with van der Waals surface area (Å²) in [5.74, 6) is 0.976. The first kappa shape index (κ1) is 30.7. The van der Waals surface area contributed by atoms with Gasteiger partial charge in [-0.2, -0.15) is 0 Å². The average Bonchev–Trinajstić information content (AvgIpc) is 3.01. The number of benzene rings is 4. The molecule has 1 unspecified atom stereocenters. The van der Waals surface area contributed by atoms with Crippen molar-refractivity contribution in [3.05, 3.63) is 135 Å². The number of anilines is 1. The SMILES string of the molecule is Cc1cccc(-n2c(C(C)N(CCc3ccccc3)C(=O)Nc3c(C(C)C)cccc3C(C)C)nc3ccccc3c2=O)c1. The number of aromatic nitrogens is 2. The largest absolute Gasteiger partial charge is 0.322 e. The molecule has 0 saturated heterocycles. The zero-order valence-electron chi connectivity index (χ0n) is 26.5. The Morgan fingerprint density at radius 3 is 2.11 bits per heavy atom. The number of aryl methyl sites for hydroxylation is 1. The predicted molar refractivity (Wildman–Crippen MR) is 181 cm³/mol. The minimum absolute atomic E-state index is 0.154. The van der Waals surface area contributed by atoms with Crippen molar-refractivity contribution in [3.8, 4) is 5.69 Å². The van der Waals surface area contributed by atoms with E-state index in [2.05, 4.69) is 63.3 Å². The van der Waals surface area contributed by atoms with Crippen molar-refractivity contribution in [2.75, 3.05) is 11.9 Å². The lowest BCUT2D eigenvalue weighted by atomic mass is 9.92. The molecule has 0 saturated carbocycles. The third-order valence-corrected chi connectivity index (χ3v) is 8.25. The van der Waals surface area contributed by atoms with Crippen LogP contribution < -0.4 is 10.9 Å². The molecule has 2 amide bonds. The lowest BCUT2D eigenvalue weighted by Crippen LogP contribution is -2.41. The van der Waals surface area contributed by atoms with E-state index in [1.54, 1.807) is 4.57 Å². The Bertz CT molecular complexity index is 1800. The van der Waals surface area contributed by atoms with Crippen molar-refractivity contribution in [2.24, 2.45) is 0 Å². The fourth-order valence-electron chi connectivity index (χ4n) is 5.83. The summed E-state index contributed by atoms with van der Waals surface area (Å²) in [6.45, 7) is 13.0. The summed E-state index contributed by atoms with van der Waals surface area (Å²) in [4.78, 5) is 35.4. The summed E-state index contributed by atoms with van der Waals surface area (Å²) in [6.07, 6.45) is 0.656. The topological polar surface area (TPSA) is 67.2 Å². The summed E-state index contributed by atoms with van der Waals surface area (Å²) >= 11 is 0. The minimum Gasteiger partial charge on any atom is -0.314 e. The fourth-order valence-corrected chi connectivity index (χ4v) is 5.83. The zero-order valence-corrected chi connectivity index (χ0v) is 26.5. The van der Waals surface area contributed by atoms with Crippen LogP contribution in [0.25, 0.3) is 16.6 Å². The fraction of sp³-hybridized carbons (Fsp3) is 0.289. The Balaban J connectivity index is 1.64. The maximum Gasteiger partial charge on any atom is 0.322 e. The van der Waals surface area contributed by atoms with Gasteiger partial charge in [0.2, 0.25) is 0 Å². The van der Waals surface area contributed by atoms with Gasteiger partial charge in [0.05, 0.1) is 22.6 Å². The average molecular weight is 587 g/mol. The highest BCUT2D eigenvalue weighted by molar-refractivity contribution is 5.92. The lowest BCUT2D eigenvalue weighted by Gasteiger charge is -2.32. The van der Waals surface area contributed by atoms with E-state index in [1.807, 2.05) is 85.5 Å². The van der Waals surface area contributed by atoms with Crippen LogP contribution in [0.4, 0.5) is 10.5 Å². The molecule has 1 aromatic heterocycles. The van der Waals surface area contributed by atoms with Gasteiger partial charge in [-0.1, -0.05) is 100 Å². The minimum atomic E-state index is -0.523. The molecule has 5 aromatic rings. The molecule has 1 atom stereocenters. The normalized spacial score (nSPS) is 12.1. The first-order valence-electron chi connectivity index (χ1n) is 15.5. The molecule has 0 radical (unpaired) electrons. The van der Waals surface area contributed by atoms with Gasteiger partial charge < -0.3 is 10.2 Å². The molecule has 44 heavy (non-hydrogen) atoms. The summed E-state index contributed by atoms with van der Waals surface area (Å²) in [5, 5.41) is 3.86. The monoisotopic (exact) mass is 586 g/mol. The summed E-state index contributed by atoms with van der Waals surface area (Å²) < 4.78 is 1.67. The van der Waals surface area contributed by atoms with Crippen molar-refractivity contribution in [1.82, 2.24) is 14.5 Å². The van der Waals surface area contributed by atoms with Crippen LogP contribution in [0.5, 0.6) is 0 Å². The van der Waals surface area contributed by atoms with Gasteiger partial charge in [-0.15, -0.1) is 0 Å². The van der Waals surface area contributed by atoms with E-state index in [1.165, 1.54) is 0 Å². The third kappa shape index (κ3) is 6.45. The third-order valence-electron chi connectivity index (χ3n) is 8.25. The van der Waals surface area contributed by atoms with Crippen LogP contribution in [0, 0.1) is 6.92 Å². The second-order valence-electron chi connectivity index (χ2n) is 12.1. The van der Waals surface area contributed by atoms with Crippen molar-refractivity contribution >= 4 is 22.6 Å². The molecular weight excluding hydrogens is 544 g/mol. The maximum absolute atomic E-state index is 14.4. The number of nitrogens with one attached hydrogen (secondary N) is 1. The van der Waals surface area contributed by atoms with E-state index in [-0.39, 0.29) is 23.4 Å². The quantitative estimate of drug-likeness (QED) is 0.188.